The number of carbonyl (C=O) groups is 1. The molecule has 0 saturated carbocycles. The van der Waals surface area contributed by atoms with Crippen molar-refractivity contribution in [2.24, 2.45) is 11.6 Å². The molecule has 0 radical (unpaired) electrons. The number of halogens is 1. The highest BCUT2D eigenvalue weighted by molar-refractivity contribution is 7.78. The van der Waals surface area contributed by atoms with Gasteiger partial charge in [-0.15, -0.1) is 0 Å². The van der Waals surface area contributed by atoms with Gasteiger partial charge in [-0.1, -0.05) is 11.6 Å². The van der Waals surface area contributed by atoms with E-state index in [9.17, 15) is 4.79 Å². The van der Waals surface area contributed by atoms with E-state index in [1.165, 1.54) is 6.08 Å². The smallest absolute Gasteiger partial charge is 0.337 e. The van der Waals surface area contributed by atoms with Crippen LogP contribution in [0.5, 0.6) is 0 Å². The van der Waals surface area contributed by atoms with Crippen LogP contribution in [0.3, 0.4) is 0 Å². The van der Waals surface area contributed by atoms with Crippen LogP contribution in [0.1, 0.15) is 0 Å². The van der Waals surface area contributed by atoms with Crippen molar-refractivity contribution >= 4 is 34.8 Å². The van der Waals surface area contributed by atoms with Crippen LogP contribution in [0.25, 0.3) is 0 Å². The standard InChI is InChI=1S/C8H8ClN3O2S/c9-5-4(8(13)14)1-3(2-15)7(12-11)6(5)10/h1,7,12H,10-11H2,(H,13,14). The zero-order valence-electron chi connectivity index (χ0n) is 7.45. The summed E-state index contributed by atoms with van der Waals surface area (Å²) >= 11 is 10.4. The summed E-state index contributed by atoms with van der Waals surface area (Å²) in [4.78, 5) is 10.8. The summed E-state index contributed by atoms with van der Waals surface area (Å²) in [6, 6.07) is -0.599. The average Bonchev–Trinajstić information content (AvgIpc) is 2.21. The van der Waals surface area contributed by atoms with Gasteiger partial charge in [0.25, 0.3) is 0 Å². The van der Waals surface area contributed by atoms with Crippen LogP contribution in [0.4, 0.5) is 0 Å². The van der Waals surface area contributed by atoms with Gasteiger partial charge in [0.2, 0.25) is 0 Å². The number of carboxylic acid groups (broad SMARTS) is 1. The summed E-state index contributed by atoms with van der Waals surface area (Å²) in [6.45, 7) is 0. The molecule has 0 heterocycles. The van der Waals surface area contributed by atoms with Gasteiger partial charge in [0.05, 0.1) is 22.3 Å². The first-order valence-electron chi connectivity index (χ1n) is 3.84. The summed E-state index contributed by atoms with van der Waals surface area (Å²) in [5.74, 6) is 4.06. The topological polar surface area (TPSA) is 101 Å². The van der Waals surface area contributed by atoms with Crippen LogP contribution in [0.15, 0.2) is 28.0 Å². The van der Waals surface area contributed by atoms with E-state index in [0.29, 0.717) is 5.57 Å². The predicted octanol–water partition coefficient (Wildman–Crippen LogP) is -0.223. The first-order valence-corrected chi connectivity index (χ1v) is 4.63. The van der Waals surface area contributed by atoms with Crippen LogP contribution >= 0.6 is 23.8 Å². The Hall–Kier alpha value is -1.17. The highest BCUT2D eigenvalue weighted by Gasteiger charge is 2.27. The Kier molecular flexibility index (Phi) is 3.62. The van der Waals surface area contributed by atoms with Gasteiger partial charge < -0.3 is 10.8 Å². The SMILES string of the molecule is NNC1C(=C=S)C=C(C(=O)O)C(Cl)=C1N. The van der Waals surface area contributed by atoms with Crippen molar-refractivity contribution < 1.29 is 9.90 Å². The molecule has 1 aliphatic carbocycles. The molecule has 0 aromatic rings. The molecule has 0 amide bonds. The molecule has 0 bridgehead atoms. The third-order valence-electron chi connectivity index (χ3n) is 1.93. The maximum Gasteiger partial charge on any atom is 0.337 e. The van der Waals surface area contributed by atoms with Crippen LogP contribution in [-0.4, -0.2) is 22.1 Å². The van der Waals surface area contributed by atoms with Crippen molar-refractivity contribution in [2.75, 3.05) is 0 Å². The van der Waals surface area contributed by atoms with Gasteiger partial charge in [-0.25, -0.2) is 10.2 Å². The predicted molar refractivity (Wildman–Crippen MR) is 60.0 cm³/mol. The molecule has 80 valence electrons. The maximum atomic E-state index is 10.8. The fraction of sp³-hybridized carbons (Fsp3) is 0.125. The minimum Gasteiger partial charge on any atom is -0.478 e. The van der Waals surface area contributed by atoms with Crippen molar-refractivity contribution in [3.8, 4) is 0 Å². The van der Waals surface area contributed by atoms with Crippen LogP contribution < -0.4 is 17.0 Å². The second kappa shape index (κ2) is 4.57. The van der Waals surface area contributed by atoms with E-state index in [1.54, 1.807) is 0 Å². The van der Waals surface area contributed by atoms with Gasteiger partial charge in [0.15, 0.2) is 0 Å². The number of rotatable bonds is 2. The Morgan fingerprint density at radius 3 is 2.73 bits per heavy atom. The minimum atomic E-state index is -1.18. The molecule has 0 saturated heterocycles. The highest BCUT2D eigenvalue weighted by atomic mass is 35.5. The number of nitrogens with one attached hydrogen (secondary N) is 1. The summed E-state index contributed by atoms with van der Waals surface area (Å²) in [5, 5.41) is 11.2. The van der Waals surface area contributed by atoms with Gasteiger partial charge in [0.1, 0.15) is 0 Å². The van der Waals surface area contributed by atoms with E-state index in [1.807, 2.05) is 0 Å². The van der Waals surface area contributed by atoms with E-state index in [0.717, 1.165) is 0 Å². The van der Waals surface area contributed by atoms with Gasteiger partial charge in [0, 0.05) is 5.57 Å². The van der Waals surface area contributed by atoms with E-state index >= 15 is 0 Å². The molecule has 0 spiro atoms. The Morgan fingerprint density at radius 1 is 1.73 bits per heavy atom. The Morgan fingerprint density at radius 2 is 2.33 bits per heavy atom. The monoisotopic (exact) mass is 245 g/mol. The number of hydrogen-bond donors (Lipinski definition) is 4. The molecule has 0 aromatic heterocycles. The molecule has 0 fully saturated rings. The largest absolute Gasteiger partial charge is 0.478 e. The Balaban J connectivity index is 3.33. The number of carboxylic acids is 1. The summed E-state index contributed by atoms with van der Waals surface area (Å²) in [5.41, 5.74) is 8.36. The van der Waals surface area contributed by atoms with Gasteiger partial charge >= 0.3 is 5.97 Å². The normalized spacial score (nSPS) is 21.1. The highest BCUT2D eigenvalue weighted by Crippen LogP contribution is 2.27. The molecule has 1 unspecified atom stereocenters. The van der Waals surface area contributed by atoms with E-state index < -0.39 is 12.0 Å². The molecule has 15 heavy (non-hydrogen) atoms. The Labute approximate surface area is 96.0 Å². The summed E-state index contributed by atoms with van der Waals surface area (Å²) < 4.78 is 0. The van der Waals surface area contributed by atoms with Gasteiger partial charge in [-0.3, -0.25) is 5.84 Å². The zero-order valence-corrected chi connectivity index (χ0v) is 9.02. The van der Waals surface area contributed by atoms with Crippen molar-refractivity contribution in [3.05, 3.63) is 28.0 Å². The fourth-order valence-corrected chi connectivity index (χ4v) is 1.60. The Bertz CT molecular complexity index is 424. The molecule has 1 atom stereocenters. The lowest BCUT2D eigenvalue weighted by Crippen LogP contribution is -2.42. The lowest BCUT2D eigenvalue weighted by molar-refractivity contribution is -0.132. The molecule has 5 nitrogen and oxygen atoms in total. The van der Waals surface area contributed by atoms with E-state index in [2.05, 4.69) is 22.7 Å². The second-order valence-corrected chi connectivity index (χ2v) is 3.37. The molecule has 7 heteroatoms. The maximum absolute atomic E-state index is 10.8. The van der Waals surface area contributed by atoms with Crippen molar-refractivity contribution in [3.63, 3.8) is 0 Å². The lowest BCUT2D eigenvalue weighted by Gasteiger charge is -2.22. The zero-order chi connectivity index (χ0) is 11.6. The fourth-order valence-electron chi connectivity index (χ4n) is 1.18. The van der Waals surface area contributed by atoms with Crippen molar-refractivity contribution in [1.29, 1.82) is 0 Å². The van der Waals surface area contributed by atoms with E-state index in [4.69, 9.17) is 28.3 Å². The summed E-state index contributed by atoms with van der Waals surface area (Å²) in [7, 11) is 0. The van der Waals surface area contributed by atoms with E-state index in [-0.39, 0.29) is 16.3 Å². The number of aliphatic carboxylic acids is 1. The third-order valence-corrected chi connectivity index (χ3v) is 2.58. The summed E-state index contributed by atoms with van der Waals surface area (Å²) in [6.07, 6.45) is 1.29. The lowest BCUT2D eigenvalue weighted by atomic mass is 9.96. The average molecular weight is 246 g/mol. The molecular weight excluding hydrogens is 238 g/mol. The molecule has 1 aliphatic rings. The first kappa shape index (κ1) is 11.9. The number of thiocarbonyl (C=S) groups is 1. The van der Waals surface area contributed by atoms with Gasteiger partial charge in [-0.05, 0) is 23.3 Å². The van der Waals surface area contributed by atoms with Crippen LogP contribution in [-0.2, 0) is 4.79 Å². The third kappa shape index (κ3) is 2.09. The molecule has 1 rings (SSSR count). The molecular formula is C8H8ClN3O2S. The molecule has 0 aromatic carbocycles. The molecule has 6 N–H and O–H groups in total. The molecule has 0 aliphatic heterocycles. The number of hydrogen-bond acceptors (Lipinski definition) is 5. The first-order chi connectivity index (χ1) is 7.02. The van der Waals surface area contributed by atoms with Crippen molar-refractivity contribution in [2.45, 2.75) is 6.04 Å². The van der Waals surface area contributed by atoms with Gasteiger partial charge in [-0.2, -0.15) is 0 Å². The van der Waals surface area contributed by atoms with Crippen LogP contribution in [0, 0.1) is 0 Å². The second-order valence-electron chi connectivity index (χ2n) is 2.79. The quantitative estimate of drug-likeness (QED) is 0.305. The number of nitrogens with two attached hydrogens (primary N) is 2. The van der Waals surface area contributed by atoms with Crippen LogP contribution in [0.2, 0.25) is 0 Å². The number of hydrazine groups is 1. The minimum absolute atomic E-state index is 0.0422. The van der Waals surface area contributed by atoms with Crippen molar-refractivity contribution in [1.82, 2.24) is 5.43 Å².